The molecule has 1 aromatic heterocycles. The van der Waals surface area contributed by atoms with Gasteiger partial charge in [-0.25, -0.2) is 9.48 Å². The number of methoxy groups -OCH3 is 1. The highest BCUT2D eigenvalue weighted by molar-refractivity contribution is 6.31. The molecule has 0 aliphatic carbocycles. The highest BCUT2D eigenvalue weighted by Gasteiger charge is 2.11. The third-order valence-corrected chi connectivity index (χ3v) is 2.59. The van der Waals surface area contributed by atoms with Gasteiger partial charge in [-0.1, -0.05) is 35.0 Å². The van der Waals surface area contributed by atoms with E-state index in [1.165, 1.54) is 18.0 Å². The van der Waals surface area contributed by atoms with Gasteiger partial charge in [0.05, 0.1) is 19.9 Å². The molecule has 0 aliphatic rings. The van der Waals surface area contributed by atoms with Crippen LogP contribution in [0.25, 0.3) is 0 Å². The summed E-state index contributed by atoms with van der Waals surface area (Å²) in [4.78, 5) is 11.2. The Morgan fingerprint density at radius 1 is 1.47 bits per heavy atom. The lowest BCUT2D eigenvalue weighted by Gasteiger charge is -2.02. The summed E-state index contributed by atoms with van der Waals surface area (Å²) in [6.07, 6.45) is 1.52. The molecule has 0 saturated heterocycles. The second kappa shape index (κ2) is 4.97. The molecule has 1 aromatic carbocycles. The van der Waals surface area contributed by atoms with E-state index in [1.54, 1.807) is 6.07 Å². The zero-order valence-corrected chi connectivity index (χ0v) is 9.89. The van der Waals surface area contributed by atoms with Gasteiger partial charge in [-0.2, -0.15) is 0 Å². The molecular weight excluding hydrogens is 242 g/mol. The lowest BCUT2D eigenvalue weighted by atomic mass is 10.2. The van der Waals surface area contributed by atoms with E-state index in [0.29, 0.717) is 11.6 Å². The number of ether oxygens (including phenoxy) is 1. The molecule has 2 aromatic rings. The van der Waals surface area contributed by atoms with Gasteiger partial charge in [0.15, 0.2) is 5.69 Å². The fourth-order valence-electron chi connectivity index (χ4n) is 1.37. The van der Waals surface area contributed by atoms with Crippen LogP contribution in [0.2, 0.25) is 5.02 Å². The first kappa shape index (κ1) is 11.6. The van der Waals surface area contributed by atoms with Crippen LogP contribution < -0.4 is 0 Å². The average molecular weight is 252 g/mol. The number of carbonyl (C=O) groups excluding carboxylic acids is 1. The first-order valence-corrected chi connectivity index (χ1v) is 5.30. The minimum absolute atomic E-state index is 0.180. The maximum atomic E-state index is 11.2. The summed E-state index contributed by atoms with van der Waals surface area (Å²) in [6, 6.07) is 7.43. The summed E-state index contributed by atoms with van der Waals surface area (Å²) >= 11 is 6.02. The molecule has 0 atom stereocenters. The van der Waals surface area contributed by atoms with E-state index < -0.39 is 5.97 Å². The third-order valence-electron chi connectivity index (χ3n) is 2.22. The summed E-state index contributed by atoms with van der Waals surface area (Å²) in [5.41, 5.74) is 1.09. The summed E-state index contributed by atoms with van der Waals surface area (Å²) in [7, 11) is 1.30. The van der Waals surface area contributed by atoms with Crippen LogP contribution in [0.15, 0.2) is 30.5 Å². The Bertz CT molecular complexity index is 539. The maximum absolute atomic E-state index is 11.2. The second-order valence-electron chi connectivity index (χ2n) is 3.38. The molecule has 0 amide bonds. The summed E-state index contributed by atoms with van der Waals surface area (Å²) in [5, 5.41) is 8.19. The Hall–Kier alpha value is -1.88. The van der Waals surface area contributed by atoms with Crippen molar-refractivity contribution in [1.82, 2.24) is 15.0 Å². The predicted octanol–water partition coefficient (Wildman–Crippen LogP) is 1.77. The van der Waals surface area contributed by atoms with Crippen LogP contribution in [0.3, 0.4) is 0 Å². The monoisotopic (exact) mass is 251 g/mol. The Balaban J connectivity index is 2.17. The lowest BCUT2D eigenvalue weighted by Crippen LogP contribution is -2.02. The van der Waals surface area contributed by atoms with Crippen molar-refractivity contribution in [2.45, 2.75) is 6.54 Å². The van der Waals surface area contributed by atoms with Crippen LogP contribution in [-0.4, -0.2) is 28.1 Å². The zero-order chi connectivity index (χ0) is 12.3. The van der Waals surface area contributed by atoms with Crippen LogP contribution >= 0.6 is 11.6 Å². The topological polar surface area (TPSA) is 57.0 Å². The largest absolute Gasteiger partial charge is 0.464 e. The number of carbonyl (C=O) groups is 1. The summed E-state index contributed by atoms with van der Waals surface area (Å²) in [5.74, 6) is -0.504. The highest BCUT2D eigenvalue weighted by atomic mass is 35.5. The molecule has 88 valence electrons. The van der Waals surface area contributed by atoms with Crippen molar-refractivity contribution in [3.05, 3.63) is 46.7 Å². The van der Waals surface area contributed by atoms with Crippen LogP contribution in [0.1, 0.15) is 16.1 Å². The van der Waals surface area contributed by atoms with Crippen LogP contribution in [0.5, 0.6) is 0 Å². The maximum Gasteiger partial charge on any atom is 0.360 e. The molecule has 0 spiro atoms. The highest BCUT2D eigenvalue weighted by Crippen LogP contribution is 2.15. The molecule has 17 heavy (non-hydrogen) atoms. The Labute approximate surface area is 103 Å². The fourth-order valence-corrected chi connectivity index (χ4v) is 1.57. The van der Waals surface area contributed by atoms with E-state index in [9.17, 15) is 4.79 Å². The van der Waals surface area contributed by atoms with Crippen molar-refractivity contribution in [2.75, 3.05) is 7.11 Å². The van der Waals surface area contributed by atoms with Gasteiger partial charge in [-0.15, -0.1) is 5.10 Å². The standard InChI is InChI=1S/C11H10ClN3O2/c1-17-11(16)10-7-15(14-13-10)6-8-4-2-3-5-9(8)12/h2-5,7H,6H2,1H3. The van der Waals surface area contributed by atoms with Gasteiger partial charge in [-0.3, -0.25) is 0 Å². The number of aromatic nitrogens is 3. The normalized spacial score (nSPS) is 10.2. The number of hydrogen-bond acceptors (Lipinski definition) is 4. The second-order valence-corrected chi connectivity index (χ2v) is 3.79. The van der Waals surface area contributed by atoms with Gasteiger partial charge in [0, 0.05) is 5.02 Å². The van der Waals surface area contributed by atoms with Crippen molar-refractivity contribution in [3.8, 4) is 0 Å². The fraction of sp³-hybridized carbons (Fsp3) is 0.182. The van der Waals surface area contributed by atoms with Gasteiger partial charge in [0.2, 0.25) is 0 Å². The van der Waals surface area contributed by atoms with Crippen molar-refractivity contribution < 1.29 is 9.53 Å². The molecular formula is C11H10ClN3O2. The summed E-state index contributed by atoms with van der Waals surface area (Å²) in [6.45, 7) is 0.462. The van der Waals surface area contributed by atoms with Gasteiger partial charge >= 0.3 is 5.97 Å². The van der Waals surface area contributed by atoms with Gasteiger partial charge in [0.1, 0.15) is 0 Å². The van der Waals surface area contributed by atoms with Crippen molar-refractivity contribution >= 4 is 17.6 Å². The number of benzene rings is 1. The van der Waals surface area contributed by atoms with Crippen molar-refractivity contribution in [3.63, 3.8) is 0 Å². The Morgan fingerprint density at radius 3 is 2.94 bits per heavy atom. The molecule has 0 unspecified atom stereocenters. The number of halogens is 1. The predicted molar refractivity (Wildman–Crippen MR) is 61.9 cm³/mol. The SMILES string of the molecule is COC(=O)c1cn(Cc2ccccc2Cl)nn1. The van der Waals surface area contributed by atoms with Crippen molar-refractivity contribution in [2.24, 2.45) is 0 Å². The lowest BCUT2D eigenvalue weighted by molar-refractivity contribution is 0.0594. The van der Waals surface area contributed by atoms with E-state index in [2.05, 4.69) is 15.0 Å². The van der Waals surface area contributed by atoms with E-state index >= 15 is 0 Å². The van der Waals surface area contributed by atoms with E-state index in [0.717, 1.165) is 5.56 Å². The van der Waals surface area contributed by atoms with Crippen LogP contribution in [0.4, 0.5) is 0 Å². The van der Waals surface area contributed by atoms with Crippen LogP contribution in [-0.2, 0) is 11.3 Å². The molecule has 5 nitrogen and oxygen atoms in total. The Morgan fingerprint density at radius 2 is 2.24 bits per heavy atom. The smallest absolute Gasteiger partial charge is 0.360 e. The Kier molecular flexibility index (Phi) is 3.39. The van der Waals surface area contributed by atoms with Crippen LogP contribution in [0, 0.1) is 0 Å². The van der Waals surface area contributed by atoms with E-state index in [-0.39, 0.29) is 5.69 Å². The first-order chi connectivity index (χ1) is 8.20. The van der Waals surface area contributed by atoms with E-state index in [1.807, 2.05) is 18.2 Å². The minimum atomic E-state index is -0.504. The molecule has 0 radical (unpaired) electrons. The minimum Gasteiger partial charge on any atom is -0.464 e. The van der Waals surface area contributed by atoms with E-state index in [4.69, 9.17) is 11.6 Å². The van der Waals surface area contributed by atoms with Gasteiger partial charge < -0.3 is 4.74 Å². The molecule has 1 heterocycles. The van der Waals surface area contributed by atoms with Gasteiger partial charge in [-0.05, 0) is 11.6 Å². The molecule has 6 heteroatoms. The third kappa shape index (κ3) is 2.62. The molecule has 0 bridgehead atoms. The molecule has 0 N–H and O–H groups in total. The van der Waals surface area contributed by atoms with Gasteiger partial charge in [0.25, 0.3) is 0 Å². The van der Waals surface area contributed by atoms with Crippen molar-refractivity contribution in [1.29, 1.82) is 0 Å². The number of esters is 1. The number of nitrogens with zero attached hydrogens (tertiary/aromatic N) is 3. The molecule has 0 fully saturated rings. The molecule has 2 rings (SSSR count). The number of rotatable bonds is 3. The quantitative estimate of drug-likeness (QED) is 0.780. The first-order valence-electron chi connectivity index (χ1n) is 4.92. The average Bonchev–Trinajstić information content (AvgIpc) is 2.80. The number of hydrogen-bond donors (Lipinski definition) is 0. The molecule has 0 aliphatic heterocycles. The molecule has 0 saturated carbocycles. The zero-order valence-electron chi connectivity index (χ0n) is 9.13. The summed E-state index contributed by atoms with van der Waals surface area (Å²) < 4.78 is 6.08.